The van der Waals surface area contributed by atoms with Gasteiger partial charge in [-0.15, -0.1) is 0 Å². The van der Waals surface area contributed by atoms with Gasteiger partial charge in [-0.3, -0.25) is 4.72 Å². The highest BCUT2D eigenvalue weighted by molar-refractivity contribution is 7.92. The summed E-state index contributed by atoms with van der Waals surface area (Å²) >= 11 is 0. The minimum absolute atomic E-state index is 0.0246. The third kappa shape index (κ3) is 6.04. The van der Waals surface area contributed by atoms with Crippen LogP contribution in [0, 0.1) is 0 Å². The second-order valence-corrected chi connectivity index (χ2v) is 6.60. The van der Waals surface area contributed by atoms with Crippen molar-refractivity contribution in [3.63, 3.8) is 0 Å². The van der Waals surface area contributed by atoms with Crippen molar-refractivity contribution >= 4 is 15.7 Å². The Morgan fingerprint density at radius 3 is 2.58 bits per heavy atom. The molecule has 1 aromatic carbocycles. The van der Waals surface area contributed by atoms with Gasteiger partial charge >= 0.3 is 0 Å². The predicted molar refractivity (Wildman–Crippen MR) is 77.5 cm³/mol. The van der Waals surface area contributed by atoms with E-state index in [-0.39, 0.29) is 24.5 Å². The van der Waals surface area contributed by atoms with Crippen molar-refractivity contribution in [2.45, 2.75) is 32.9 Å². The van der Waals surface area contributed by atoms with Gasteiger partial charge in [0.25, 0.3) is 0 Å². The molecule has 0 spiro atoms. The van der Waals surface area contributed by atoms with E-state index in [4.69, 9.17) is 10.5 Å². The van der Waals surface area contributed by atoms with Crippen LogP contribution in [0.2, 0.25) is 0 Å². The highest BCUT2D eigenvalue weighted by Gasteiger charge is 2.11. The molecule has 0 bridgehead atoms. The fourth-order valence-electron chi connectivity index (χ4n) is 1.51. The van der Waals surface area contributed by atoms with Gasteiger partial charge in [0.2, 0.25) is 10.0 Å². The third-order valence-electron chi connectivity index (χ3n) is 2.49. The van der Waals surface area contributed by atoms with Gasteiger partial charge in [0.15, 0.2) is 0 Å². The lowest BCUT2D eigenvalue weighted by atomic mass is 10.1. The van der Waals surface area contributed by atoms with Gasteiger partial charge in [-0.25, -0.2) is 8.42 Å². The van der Waals surface area contributed by atoms with Crippen molar-refractivity contribution in [3.05, 3.63) is 29.8 Å². The summed E-state index contributed by atoms with van der Waals surface area (Å²) in [5.41, 5.74) is 7.18. The van der Waals surface area contributed by atoms with E-state index >= 15 is 0 Å². The van der Waals surface area contributed by atoms with Crippen LogP contribution < -0.4 is 10.5 Å². The lowest BCUT2D eigenvalue weighted by Crippen LogP contribution is -2.21. The van der Waals surface area contributed by atoms with Crippen molar-refractivity contribution in [3.8, 4) is 0 Å². The number of anilines is 1. The summed E-state index contributed by atoms with van der Waals surface area (Å²) in [7, 11) is -3.39. The number of ether oxygens (including phenoxy) is 1. The van der Waals surface area contributed by atoms with Crippen molar-refractivity contribution < 1.29 is 13.2 Å². The van der Waals surface area contributed by atoms with E-state index in [1.807, 2.05) is 26.8 Å². The lowest BCUT2D eigenvalue weighted by molar-refractivity contribution is 0.0913. The third-order valence-corrected chi connectivity index (χ3v) is 3.74. The summed E-state index contributed by atoms with van der Waals surface area (Å²) in [4.78, 5) is 0. The minimum Gasteiger partial charge on any atom is -0.378 e. The Kier molecular flexibility index (Phi) is 5.78. The standard InChI is InChI=1S/C13H22N2O3S/c1-10(2)18-7-8-19(16,17)15-13-6-4-5-12(9-13)11(3)14/h4-6,9-11,15H,7-8,14H2,1-3H3. The first-order valence-corrected chi connectivity index (χ1v) is 7.93. The van der Waals surface area contributed by atoms with Crippen molar-refractivity contribution in [1.82, 2.24) is 0 Å². The largest absolute Gasteiger partial charge is 0.378 e. The van der Waals surface area contributed by atoms with Gasteiger partial charge in [-0.05, 0) is 38.5 Å². The maximum atomic E-state index is 11.8. The molecule has 0 aliphatic heterocycles. The Labute approximate surface area is 115 Å². The van der Waals surface area contributed by atoms with Crippen LogP contribution in [-0.4, -0.2) is 26.9 Å². The molecule has 3 N–H and O–H groups in total. The molecule has 108 valence electrons. The zero-order valence-corrected chi connectivity index (χ0v) is 12.4. The zero-order valence-electron chi connectivity index (χ0n) is 11.6. The molecule has 0 amide bonds. The number of hydrogen-bond donors (Lipinski definition) is 2. The Morgan fingerprint density at radius 2 is 2.00 bits per heavy atom. The predicted octanol–water partition coefficient (Wildman–Crippen LogP) is 1.87. The number of nitrogens with one attached hydrogen (secondary N) is 1. The number of sulfonamides is 1. The summed E-state index contributed by atoms with van der Waals surface area (Å²) in [6.45, 7) is 5.77. The number of benzene rings is 1. The van der Waals surface area contributed by atoms with Gasteiger partial charge in [0.1, 0.15) is 0 Å². The average Bonchev–Trinajstić information content (AvgIpc) is 2.27. The fourth-order valence-corrected chi connectivity index (χ4v) is 2.41. The Hall–Kier alpha value is -1.11. The molecule has 1 aromatic rings. The van der Waals surface area contributed by atoms with Crippen LogP contribution >= 0.6 is 0 Å². The first-order valence-electron chi connectivity index (χ1n) is 6.28. The maximum absolute atomic E-state index is 11.8. The van der Waals surface area contributed by atoms with Gasteiger partial charge in [-0.2, -0.15) is 0 Å². The molecule has 0 aliphatic rings. The second-order valence-electron chi connectivity index (χ2n) is 4.75. The molecule has 1 unspecified atom stereocenters. The highest BCUT2D eigenvalue weighted by Crippen LogP contribution is 2.16. The summed E-state index contributed by atoms with van der Waals surface area (Å²) in [5, 5.41) is 0. The van der Waals surface area contributed by atoms with E-state index in [9.17, 15) is 8.42 Å². The number of nitrogens with two attached hydrogens (primary N) is 1. The Morgan fingerprint density at radius 1 is 1.32 bits per heavy atom. The van der Waals surface area contributed by atoms with Crippen LogP contribution in [0.1, 0.15) is 32.4 Å². The van der Waals surface area contributed by atoms with Crippen molar-refractivity contribution in [2.75, 3.05) is 17.1 Å². The van der Waals surface area contributed by atoms with Gasteiger partial charge < -0.3 is 10.5 Å². The maximum Gasteiger partial charge on any atom is 0.235 e. The van der Waals surface area contributed by atoms with Gasteiger partial charge in [0, 0.05) is 11.7 Å². The van der Waals surface area contributed by atoms with Crippen LogP contribution in [0.15, 0.2) is 24.3 Å². The monoisotopic (exact) mass is 286 g/mol. The molecule has 0 saturated heterocycles. The van der Waals surface area contributed by atoms with Crippen molar-refractivity contribution in [1.29, 1.82) is 0 Å². The number of rotatable bonds is 7. The van der Waals surface area contributed by atoms with Crippen molar-refractivity contribution in [2.24, 2.45) is 5.73 Å². The van der Waals surface area contributed by atoms with Crippen LogP contribution in [0.4, 0.5) is 5.69 Å². The topological polar surface area (TPSA) is 81.4 Å². The van der Waals surface area contributed by atoms with E-state index in [1.54, 1.807) is 18.2 Å². The van der Waals surface area contributed by atoms with E-state index < -0.39 is 10.0 Å². The second kappa shape index (κ2) is 6.88. The fraction of sp³-hybridized carbons (Fsp3) is 0.538. The molecule has 6 heteroatoms. The smallest absolute Gasteiger partial charge is 0.235 e. The summed E-state index contributed by atoms with van der Waals surface area (Å²) in [6.07, 6.45) is 0.0246. The summed E-state index contributed by atoms with van der Waals surface area (Å²) in [5.74, 6) is -0.0619. The van der Waals surface area contributed by atoms with E-state index in [2.05, 4.69) is 4.72 Å². The normalized spacial score (nSPS) is 13.5. The Bertz CT molecular complexity index is 498. The SMILES string of the molecule is CC(C)OCCS(=O)(=O)Nc1cccc(C(C)N)c1. The van der Waals surface area contributed by atoms with Crippen LogP contribution in [0.25, 0.3) is 0 Å². The molecule has 0 radical (unpaired) electrons. The molecular weight excluding hydrogens is 264 g/mol. The van der Waals surface area contributed by atoms with E-state index in [1.165, 1.54) is 0 Å². The molecule has 1 rings (SSSR count). The van der Waals surface area contributed by atoms with Gasteiger partial charge in [0.05, 0.1) is 18.5 Å². The molecule has 0 saturated carbocycles. The molecule has 0 aromatic heterocycles. The molecule has 0 aliphatic carbocycles. The molecule has 19 heavy (non-hydrogen) atoms. The number of hydrogen-bond acceptors (Lipinski definition) is 4. The highest BCUT2D eigenvalue weighted by atomic mass is 32.2. The minimum atomic E-state index is -3.39. The van der Waals surface area contributed by atoms with E-state index in [0.29, 0.717) is 5.69 Å². The first-order chi connectivity index (χ1) is 8.80. The first kappa shape index (κ1) is 15.9. The Balaban J connectivity index is 2.65. The van der Waals surface area contributed by atoms with Gasteiger partial charge in [-0.1, -0.05) is 12.1 Å². The molecule has 1 atom stereocenters. The summed E-state index contributed by atoms with van der Waals surface area (Å²) < 4.78 is 31.4. The van der Waals surface area contributed by atoms with E-state index in [0.717, 1.165) is 5.56 Å². The van der Waals surface area contributed by atoms with Crippen LogP contribution in [-0.2, 0) is 14.8 Å². The average molecular weight is 286 g/mol. The molecule has 5 nitrogen and oxygen atoms in total. The van der Waals surface area contributed by atoms with Crippen LogP contribution in [0.3, 0.4) is 0 Å². The molecule has 0 fully saturated rings. The summed E-state index contributed by atoms with van der Waals surface area (Å²) in [6, 6.07) is 6.96. The molecular formula is C13H22N2O3S. The lowest BCUT2D eigenvalue weighted by Gasteiger charge is -2.12. The molecule has 0 heterocycles. The van der Waals surface area contributed by atoms with Crippen LogP contribution in [0.5, 0.6) is 0 Å². The zero-order chi connectivity index (χ0) is 14.5. The quantitative estimate of drug-likeness (QED) is 0.802.